The molecule has 1 rings (SSSR count). The van der Waals surface area contributed by atoms with E-state index in [4.69, 9.17) is 4.74 Å². The molecule has 0 fully saturated rings. The quantitative estimate of drug-likeness (QED) is 0.807. The minimum Gasteiger partial charge on any atom is -0.485 e. The number of rotatable bonds is 3. The Hall–Kier alpha value is -1.09. The Balaban J connectivity index is 2.82. The molecule has 0 saturated carbocycles. The molecular weight excluding hydrogens is 183 g/mol. The van der Waals surface area contributed by atoms with E-state index < -0.39 is 12.2 Å². The van der Waals surface area contributed by atoms with Crippen LogP contribution in [0.3, 0.4) is 0 Å². The minimum absolute atomic E-state index is 0.193. The van der Waals surface area contributed by atoms with Crippen LogP contribution in [-0.4, -0.2) is 17.3 Å². The summed E-state index contributed by atoms with van der Waals surface area (Å²) >= 11 is 0. The normalized spacial score (nSPS) is 14.9. The van der Waals surface area contributed by atoms with Gasteiger partial charge in [0.15, 0.2) is 11.6 Å². The van der Waals surface area contributed by atoms with Gasteiger partial charge in [-0.05, 0) is 32.4 Å². The summed E-state index contributed by atoms with van der Waals surface area (Å²) in [5, 5.41) is 9.19. The van der Waals surface area contributed by atoms with Crippen molar-refractivity contribution >= 4 is 0 Å². The highest BCUT2D eigenvalue weighted by Crippen LogP contribution is 2.21. The van der Waals surface area contributed by atoms with Crippen LogP contribution in [0, 0.1) is 12.7 Å². The smallest absolute Gasteiger partial charge is 0.167 e. The van der Waals surface area contributed by atoms with Gasteiger partial charge in [-0.2, -0.15) is 0 Å². The molecule has 2 unspecified atom stereocenters. The molecule has 0 aliphatic carbocycles. The first kappa shape index (κ1) is 11.0. The Bertz CT molecular complexity index is 310. The molecule has 0 aliphatic heterocycles. The number of hydrogen-bond acceptors (Lipinski definition) is 2. The van der Waals surface area contributed by atoms with Crippen LogP contribution < -0.4 is 4.74 Å². The third-order valence-corrected chi connectivity index (χ3v) is 2.15. The molecule has 0 aromatic heterocycles. The first-order chi connectivity index (χ1) is 6.52. The standard InChI is InChI=1S/C11H15FO2/c1-7-5-4-6-10(11(7)12)14-9(3)8(2)13/h4-6,8-9,13H,1-3H3. The number of ether oxygens (including phenoxy) is 1. The Morgan fingerprint density at radius 2 is 2.00 bits per heavy atom. The number of hydrogen-bond donors (Lipinski definition) is 1. The molecule has 14 heavy (non-hydrogen) atoms. The first-order valence-electron chi connectivity index (χ1n) is 4.62. The van der Waals surface area contributed by atoms with Gasteiger partial charge in [-0.1, -0.05) is 12.1 Å². The van der Waals surface area contributed by atoms with Gasteiger partial charge in [0.2, 0.25) is 0 Å². The third-order valence-electron chi connectivity index (χ3n) is 2.15. The topological polar surface area (TPSA) is 29.5 Å². The summed E-state index contributed by atoms with van der Waals surface area (Å²) in [6.07, 6.45) is -1.03. The van der Waals surface area contributed by atoms with Crippen molar-refractivity contribution in [3.8, 4) is 5.75 Å². The van der Waals surface area contributed by atoms with Gasteiger partial charge >= 0.3 is 0 Å². The monoisotopic (exact) mass is 198 g/mol. The van der Waals surface area contributed by atoms with Crippen molar-refractivity contribution in [2.24, 2.45) is 0 Å². The third kappa shape index (κ3) is 2.45. The zero-order chi connectivity index (χ0) is 10.7. The molecule has 1 N–H and O–H groups in total. The Kier molecular flexibility index (Phi) is 3.47. The van der Waals surface area contributed by atoms with E-state index in [0.717, 1.165) is 0 Å². The van der Waals surface area contributed by atoms with Crippen molar-refractivity contribution in [2.45, 2.75) is 33.0 Å². The fourth-order valence-electron chi connectivity index (χ4n) is 1.01. The summed E-state index contributed by atoms with van der Waals surface area (Å²) in [5.74, 6) is -0.168. The molecule has 1 aromatic carbocycles. The molecule has 1 aromatic rings. The number of aryl methyl sites for hydroxylation is 1. The van der Waals surface area contributed by atoms with Crippen molar-refractivity contribution < 1.29 is 14.2 Å². The van der Waals surface area contributed by atoms with Crippen molar-refractivity contribution in [1.29, 1.82) is 0 Å². The lowest BCUT2D eigenvalue weighted by atomic mass is 10.2. The van der Waals surface area contributed by atoms with Crippen LogP contribution in [0.2, 0.25) is 0 Å². The fraction of sp³-hybridized carbons (Fsp3) is 0.455. The van der Waals surface area contributed by atoms with E-state index >= 15 is 0 Å². The van der Waals surface area contributed by atoms with Crippen molar-refractivity contribution in [3.63, 3.8) is 0 Å². The minimum atomic E-state index is -0.616. The molecule has 0 aliphatic rings. The molecule has 0 spiro atoms. The van der Waals surface area contributed by atoms with Crippen LogP contribution in [0.5, 0.6) is 5.75 Å². The van der Waals surface area contributed by atoms with E-state index in [0.29, 0.717) is 5.56 Å². The largest absolute Gasteiger partial charge is 0.485 e. The van der Waals surface area contributed by atoms with Crippen molar-refractivity contribution in [3.05, 3.63) is 29.6 Å². The highest BCUT2D eigenvalue weighted by Gasteiger charge is 2.13. The average Bonchev–Trinajstić information content (AvgIpc) is 2.12. The van der Waals surface area contributed by atoms with Gasteiger partial charge in [-0.25, -0.2) is 4.39 Å². The molecule has 3 heteroatoms. The molecule has 0 bridgehead atoms. The molecule has 0 amide bonds. The summed E-state index contributed by atoms with van der Waals surface area (Å²) in [5.41, 5.74) is 0.542. The van der Waals surface area contributed by atoms with Gasteiger partial charge in [0.25, 0.3) is 0 Å². The van der Waals surface area contributed by atoms with Crippen molar-refractivity contribution in [1.82, 2.24) is 0 Å². The van der Waals surface area contributed by atoms with Gasteiger partial charge < -0.3 is 9.84 Å². The second-order valence-electron chi connectivity index (χ2n) is 3.45. The highest BCUT2D eigenvalue weighted by atomic mass is 19.1. The van der Waals surface area contributed by atoms with Crippen LogP contribution in [0.15, 0.2) is 18.2 Å². The van der Waals surface area contributed by atoms with E-state index in [1.165, 1.54) is 0 Å². The summed E-state index contributed by atoms with van der Waals surface area (Å²) in [4.78, 5) is 0. The molecule has 78 valence electrons. The number of benzene rings is 1. The van der Waals surface area contributed by atoms with E-state index in [9.17, 15) is 9.50 Å². The van der Waals surface area contributed by atoms with Gasteiger partial charge in [-0.15, -0.1) is 0 Å². The Morgan fingerprint density at radius 3 is 2.57 bits per heavy atom. The predicted octanol–water partition coefficient (Wildman–Crippen LogP) is 2.28. The second kappa shape index (κ2) is 4.42. The van der Waals surface area contributed by atoms with Crippen LogP contribution in [0.1, 0.15) is 19.4 Å². The average molecular weight is 198 g/mol. The molecule has 0 radical (unpaired) electrons. The lowest BCUT2D eigenvalue weighted by molar-refractivity contribution is 0.0578. The molecule has 0 saturated heterocycles. The number of aliphatic hydroxyl groups excluding tert-OH is 1. The van der Waals surface area contributed by atoms with E-state index in [-0.39, 0.29) is 11.6 Å². The number of aliphatic hydroxyl groups is 1. The van der Waals surface area contributed by atoms with Crippen LogP contribution in [-0.2, 0) is 0 Å². The van der Waals surface area contributed by atoms with Gasteiger partial charge in [0, 0.05) is 0 Å². The zero-order valence-corrected chi connectivity index (χ0v) is 8.62. The van der Waals surface area contributed by atoms with Crippen LogP contribution in [0.4, 0.5) is 4.39 Å². The first-order valence-corrected chi connectivity index (χ1v) is 4.62. The fourth-order valence-corrected chi connectivity index (χ4v) is 1.01. The van der Waals surface area contributed by atoms with Crippen LogP contribution in [0.25, 0.3) is 0 Å². The number of halogens is 1. The molecule has 0 heterocycles. The zero-order valence-electron chi connectivity index (χ0n) is 8.62. The SMILES string of the molecule is Cc1cccc(OC(C)C(C)O)c1F. The lowest BCUT2D eigenvalue weighted by Gasteiger charge is -2.17. The van der Waals surface area contributed by atoms with Crippen LogP contribution >= 0.6 is 0 Å². The lowest BCUT2D eigenvalue weighted by Crippen LogP contribution is -2.26. The molecule has 2 nitrogen and oxygen atoms in total. The van der Waals surface area contributed by atoms with E-state index in [2.05, 4.69) is 0 Å². The van der Waals surface area contributed by atoms with Gasteiger partial charge in [-0.3, -0.25) is 0 Å². The maximum Gasteiger partial charge on any atom is 0.167 e. The molecular formula is C11H15FO2. The van der Waals surface area contributed by atoms with Gasteiger partial charge in [0.1, 0.15) is 6.10 Å². The summed E-state index contributed by atoms with van der Waals surface area (Å²) in [6, 6.07) is 4.96. The summed E-state index contributed by atoms with van der Waals surface area (Å²) in [6.45, 7) is 4.99. The second-order valence-corrected chi connectivity index (χ2v) is 3.45. The Labute approximate surface area is 83.3 Å². The van der Waals surface area contributed by atoms with Gasteiger partial charge in [0.05, 0.1) is 6.10 Å². The maximum absolute atomic E-state index is 13.4. The predicted molar refractivity (Wildman–Crippen MR) is 52.9 cm³/mol. The summed E-state index contributed by atoms with van der Waals surface area (Å²) < 4.78 is 18.7. The summed E-state index contributed by atoms with van der Waals surface area (Å²) in [7, 11) is 0. The van der Waals surface area contributed by atoms with E-state index in [1.807, 2.05) is 0 Å². The molecule has 2 atom stereocenters. The Morgan fingerprint density at radius 1 is 1.36 bits per heavy atom. The van der Waals surface area contributed by atoms with E-state index in [1.54, 1.807) is 39.0 Å². The maximum atomic E-state index is 13.4. The van der Waals surface area contributed by atoms with Crippen molar-refractivity contribution in [2.75, 3.05) is 0 Å². The highest BCUT2D eigenvalue weighted by molar-refractivity contribution is 5.30.